The Morgan fingerprint density at radius 1 is 0.848 bits per heavy atom. The summed E-state index contributed by atoms with van der Waals surface area (Å²) in [5.41, 5.74) is 6.51. The van der Waals surface area contributed by atoms with E-state index in [1.165, 1.54) is 26.4 Å². The van der Waals surface area contributed by atoms with Gasteiger partial charge in [0.2, 0.25) is 0 Å². The molecule has 3 aromatic carbocycles. The van der Waals surface area contributed by atoms with Gasteiger partial charge >= 0.3 is 0 Å². The fraction of sp³-hybridized carbons (Fsp3) is 0.167. The Labute approximate surface area is 197 Å². The normalized spacial score (nSPS) is 12.2. The summed E-state index contributed by atoms with van der Waals surface area (Å²) in [6.45, 7) is 8.95. The number of fused-ring (bicyclic) bond motifs is 3. The number of benzene rings is 3. The molecule has 33 heavy (non-hydrogen) atoms. The van der Waals surface area contributed by atoms with Crippen LogP contribution in [0.3, 0.4) is 0 Å². The molecule has 2 nitrogen and oxygen atoms in total. The summed E-state index contributed by atoms with van der Waals surface area (Å²) in [5, 5.41) is 7.08. The summed E-state index contributed by atoms with van der Waals surface area (Å²) in [4.78, 5) is 4.81. The van der Waals surface area contributed by atoms with Crippen molar-refractivity contribution in [2.24, 2.45) is 0 Å². The Morgan fingerprint density at radius 3 is 2.42 bits per heavy atom. The summed E-state index contributed by atoms with van der Waals surface area (Å²) >= 11 is 1.76. The van der Waals surface area contributed by atoms with Crippen molar-refractivity contribution >= 4 is 43.2 Å². The monoisotopic (exact) mass is 447 g/mol. The van der Waals surface area contributed by atoms with Gasteiger partial charge in [-0.1, -0.05) is 63.2 Å². The summed E-state index contributed by atoms with van der Waals surface area (Å²) in [6.07, 6.45) is 1.90. The lowest BCUT2D eigenvalue weighted by molar-refractivity contribution is 0.596. The van der Waals surface area contributed by atoms with Gasteiger partial charge in [-0.25, -0.2) is 0 Å². The number of hydrogen-bond acceptors (Lipinski definition) is 3. The second-order valence-corrected chi connectivity index (χ2v) is 10.6. The lowest BCUT2D eigenvalue weighted by Crippen LogP contribution is -2.12. The van der Waals surface area contributed by atoms with Gasteiger partial charge in [0.15, 0.2) is 5.58 Å². The molecule has 162 valence electrons. The van der Waals surface area contributed by atoms with E-state index in [9.17, 15) is 0 Å². The van der Waals surface area contributed by atoms with Crippen molar-refractivity contribution in [3.05, 3.63) is 89.4 Å². The van der Waals surface area contributed by atoms with Crippen LogP contribution in [0.25, 0.3) is 54.4 Å². The van der Waals surface area contributed by atoms with Crippen LogP contribution in [-0.4, -0.2) is 4.98 Å². The van der Waals surface area contributed by atoms with Crippen molar-refractivity contribution < 1.29 is 4.42 Å². The minimum atomic E-state index is 0.0172. The maximum absolute atomic E-state index is 6.62. The van der Waals surface area contributed by atoms with Crippen molar-refractivity contribution in [3.8, 4) is 22.6 Å². The number of pyridine rings is 1. The lowest BCUT2D eigenvalue weighted by atomic mass is 9.82. The molecule has 3 aromatic heterocycles. The standard InChI is InChI=1S/C30H25NOS/c1-18-21-13-14-31-27(20-15-19-9-5-6-10-22(19)25(16-20)30(2,3)4)29(21)32-28(18)24-17-33-26-12-8-7-11-23(24)26/h5-17H,1-4H3. The maximum atomic E-state index is 6.62. The zero-order valence-electron chi connectivity index (χ0n) is 19.3. The second kappa shape index (κ2) is 7.29. The molecule has 6 rings (SSSR count). The van der Waals surface area contributed by atoms with Crippen molar-refractivity contribution in [1.29, 1.82) is 0 Å². The Balaban J connectivity index is 1.62. The van der Waals surface area contributed by atoms with Crippen LogP contribution in [0.4, 0.5) is 0 Å². The van der Waals surface area contributed by atoms with E-state index in [-0.39, 0.29) is 5.41 Å². The Morgan fingerprint density at radius 2 is 1.61 bits per heavy atom. The molecule has 0 N–H and O–H groups in total. The molecule has 0 aliphatic carbocycles. The van der Waals surface area contributed by atoms with E-state index in [2.05, 4.69) is 99.8 Å². The topological polar surface area (TPSA) is 26.0 Å². The highest BCUT2D eigenvalue weighted by Gasteiger charge is 2.22. The second-order valence-electron chi connectivity index (χ2n) is 9.73. The van der Waals surface area contributed by atoms with E-state index in [1.54, 1.807) is 11.3 Å². The predicted octanol–water partition coefficient (Wildman–Crippen LogP) is 9.14. The highest BCUT2D eigenvalue weighted by atomic mass is 32.1. The minimum Gasteiger partial charge on any atom is -0.453 e. The average molecular weight is 448 g/mol. The average Bonchev–Trinajstić information content (AvgIpc) is 3.38. The number of nitrogens with zero attached hydrogens (tertiary/aromatic N) is 1. The van der Waals surface area contributed by atoms with Gasteiger partial charge in [0.1, 0.15) is 11.5 Å². The van der Waals surface area contributed by atoms with Gasteiger partial charge in [-0.2, -0.15) is 0 Å². The molecule has 0 bridgehead atoms. The van der Waals surface area contributed by atoms with Gasteiger partial charge in [-0.05, 0) is 52.9 Å². The zero-order valence-corrected chi connectivity index (χ0v) is 20.1. The Hall–Kier alpha value is -3.43. The summed E-state index contributed by atoms with van der Waals surface area (Å²) < 4.78 is 7.89. The van der Waals surface area contributed by atoms with E-state index >= 15 is 0 Å². The van der Waals surface area contributed by atoms with Crippen LogP contribution in [0.2, 0.25) is 0 Å². The van der Waals surface area contributed by atoms with E-state index in [1.807, 2.05) is 6.20 Å². The van der Waals surface area contributed by atoms with Gasteiger partial charge in [0.25, 0.3) is 0 Å². The van der Waals surface area contributed by atoms with Crippen LogP contribution in [0.5, 0.6) is 0 Å². The molecule has 3 heterocycles. The van der Waals surface area contributed by atoms with Crippen LogP contribution in [0, 0.1) is 6.92 Å². The summed E-state index contributed by atoms with van der Waals surface area (Å²) in [7, 11) is 0. The number of aromatic nitrogens is 1. The summed E-state index contributed by atoms with van der Waals surface area (Å²) in [6, 6.07) is 23.7. The molecule has 0 amide bonds. The minimum absolute atomic E-state index is 0.0172. The summed E-state index contributed by atoms with van der Waals surface area (Å²) in [5.74, 6) is 0.938. The molecule has 0 spiro atoms. The third-order valence-corrected chi connectivity index (χ3v) is 7.49. The van der Waals surface area contributed by atoms with Crippen LogP contribution in [0.1, 0.15) is 31.9 Å². The molecule has 0 fully saturated rings. The SMILES string of the molecule is Cc1c(-c2csc3ccccc23)oc2c(-c3cc(C(C)(C)C)c4ccccc4c3)nccc12. The number of furan rings is 1. The molecule has 0 unspecified atom stereocenters. The van der Waals surface area contributed by atoms with E-state index in [0.717, 1.165) is 39.1 Å². The molecular weight excluding hydrogens is 422 g/mol. The van der Waals surface area contributed by atoms with Crippen LogP contribution in [-0.2, 0) is 5.41 Å². The van der Waals surface area contributed by atoms with Crippen LogP contribution in [0.15, 0.2) is 82.7 Å². The maximum Gasteiger partial charge on any atom is 0.161 e. The molecule has 0 saturated heterocycles. The van der Waals surface area contributed by atoms with Gasteiger partial charge in [0, 0.05) is 43.7 Å². The molecule has 0 aliphatic rings. The fourth-order valence-electron chi connectivity index (χ4n) is 4.83. The smallest absolute Gasteiger partial charge is 0.161 e. The molecule has 0 saturated carbocycles. The molecule has 0 atom stereocenters. The molecule has 6 aromatic rings. The van der Waals surface area contributed by atoms with Crippen molar-refractivity contribution in [3.63, 3.8) is 0 Å². The van der Waals surface area contributed by atoms with Gasteiger partial charge in [-0.15, -0.1) is 11.3 Å². The fourth-order valence-corrected chi connectivity index (χ4v) is 5.77. The number of rotatable bonds is 2. The van der Waals surface area contributed by atoms with Crippen molar-refractivity contribution in [1.82, 2.24) is 4.98 Å². The third-order valence-electron chi connectivity index (χ3n) is 6.52. The zero-order chi connectivity index (χ0) is 22.7. The van der Waals surface area contributed by atoms with Crippen LogP contribution >= 0.6 is 11.3 Å². The number of thiophene rings is 1. The van der Waals surface area contributed by atoms with Crippen LogP contribution < -0.4 is 0 Å². The lowest BCUT2D eigenvalue weighted by Gasteiger charge is -2.22. The molecular formula is C30H25NOS. The first-order valence-corrected chi connectivity index (χ1v) is 12.2. The third kappa shape index (κ3) is 3.19. The van der Waals surface area contributed by atoms with Crippen molar-refractivity contribution in [2.45, 2.75) is 33.1 Å². The largest absolute Gasteiger partial charge is 0.453 e. The van der Waals surface area contributed by atoms with E-state index in [0.29, 0.717) is 0 Å². The first-order valence-electron chi connectivity index (χ1n) is 11.3. The van der Waals surface area contributed by atoms with Crippen molar-refractivity contribution in [2.75, 3.05) is 0 Å². The Bertz CT molecular complexity index is 1660. The van der Waals surface area contributed by atoms with E-state index in [4.69, 9.17) is 9.40 Å². The highest BCUT2D eigenvalue weighted by Crippen LogP contribution is 2.42. The molecule has 3 heteroatoms. The quantitative estimate of drug-likeness (QED) is 0.264. The number of aryl methyl sites for hydroxylation is 1. The number of hydrogen-bond donors (Lipinski definition) is 0. The van der Waals surface area contributed by atoms with Gasteiger partial charge in [0.05, 0.1) is 0 Å². The first-order chi connectivity index (χ1) is 15.9. The highest BCUT2D eigenvalue weighted by molar-refractivity contribution is 7.17. The first kappa shape index (κ1) is 20.2. The van der Waals surface area contributed by atoms with Gasteiger partial charge < -0.3 is 4.42 Å². The molecule has 0 aliphatic heterocycles. The van der Waals surface area contributed by atoms with Gasteiger partial charge in [-0.3, -0.25) is 4.98 Å². The molecule has 0 radical (unpaired) electrons. The Kier molecular flexibility index (Phi) is 4.46. The van der Waals surface area contributed by atoms with E-state index < -0.39 is 0 Å². The predicted molar refractivity (Wildman–Crippen MR) is 141 cm³/mol.